The summed E-state index contributed by atoms with van der Waals surface area (Å²) in [5.41, 5.74) is 0.493. The number of nitrogens with zero attached hydrogens (tertiary/aromatic N) is 2. The van der Waals surface area contributed by atoms with E-state index in [0.717, 1.165) is 25.9 Å². The van der Waals surface area contributed by atoms with Crippen molar-refractivity contribution in [3.05, 3.63) is 23.8 Å². The highest BCUT2D eigenvalue weighted by molar-refractivity contribution is 5.81. The molecule has 1 aliphatic heterocycles. The average Bonchev–Trinajstić information content (AvgIpc) is 3.00. The summed E-state index contributed by atoms with van der Waals surface area (Å²) in [6.45, 7) is 3.34. The van der Waals surface area contributed by atoms with Crippen molar-refractivity contribution < 1.29 is 14.3 Å². The monoisotopic (exact) mass is 274 g/mol. The molecule has 2 rings (SSSR count). The summed E-state index contributed by atoms with van der Waals surface area (Å²) >= 11 is 0. The van der Waals surface area contributed by atoms with E-state index >= 15 is 0 Å². The number of ether oxygens (including phenoxy) is 2. The van der Waals surface area contributed by atoms with E-state index in [1.165, 1.54) is 7.11 Å². The fraction of sp³-hybridized carbons (Fsp3) is 0.467. The molecule has 1 amide bonds. The quantitative estimate of drug-likeness (QED) is 0.842. The van der Waals surface area contributed by atoms with Gasteiger partial charge < -0.3 is 14.4 Å². The van der Waals surface area contributed by atoms with Crippen molar-refractivity contribution in [2.75, 3.05) is 20.2 Å². The van der Waals surface area contributed by atoms with Gasteiger partial charge in [0.1, 0.15) is 0 Å². The third kappa shape index (κ3) is 3.02. The van der Waals surface area contributed by atoms with Crippen molar-refractivity contribution in [3.63, 3.8) is 0 Å². The Bertz CT molecular complexity index is 530. The number of hydrogen-bond donors (Lipinski definition) is 0. The lowest BCUT2D eigenvalue weighted by atomic mass is 10.2. The van der Waals surface area contributed by atoms with E-state index in [1.807, 2.05) is 11.0 Å². The maximum absolute atomic E-state index is 12.2. The lowest BCUT2D eigenvalue weighted by molar-refractivity contribution is -0.136. The van der Waals surface area contributed by atoms with Gasteiger partial charge in [-0.2, -0.15) is 5.26 Å². The molecule has 5 nitrogen and oxygen atoms in total. The molecule has 1 aromatic carbocycles. The van der Waals surface area contributed by atoms with Crippen LogP contribution in [0.5, 0.6) is 11.5 Å². The Kier molecular flexibility index (Phi) is 4.46. The van der Waals surface area contributed by atoms with Crippen LogP contribution in [0.4, 0.5) is 0 Å². The topological polar surface area (TPSA) is 62.6 Å². The Balaban J connectivity index is 2.09. The van der Waals surface area contributed by atoms with Crippen LogP contribution in [-0.4, -0.2) is 37.1 Å². The highest BCUT2D eigenvalue weighted by atomic mass is 16.5. The van der Waals surface area contributed by atoms with E-state index in [0.29, 0.717) is 17.1 Å². The van der Waals surface area contributed by atoms with E-state index in [2.05, 4.69) is 0 Å². The van der Waals surface area contributed by atoms with Gasteiger partial charge in [0, 0.05) is 19.2 Å². The van der Waals surface area contributed by atoms with Crippen molar-refractivity contribution >= 4 is 5.91 Å². The summed E-state index contributed by atoms with van der Waals surface area (Å²) in [5, 5.41) is 8.85. The molecule has 0 N–H and O–H groups in total. The fourth-order valence-electron chi connectivity index (χ4n) is 2.27. The van der Waals surface area contributed by atoms with Crippen LogP contribution in [0.3, 0.4) is 0 Å². The first-order chi connectivity index (χ1) is 9.65. The van der Waals surface area contributed by atoms with Crippen LogP contribution >= 0.6 is 0 Å². The molecule has 1 fully saturated rings. The van der Waals surface area contributed by atoms with Gasteiger partial charge >= 0.3 is 0 Å². The van der Waals surface area contributed by atoms with E-state index in [1.54, 1.807) is 25.1 Å². The van der Waals surface area contributed by atoms with Gasteiger partial charge in [-0.3, -0.25) is 4.79 Å². The Labute approximate surface area is 118 Å². The van der Waals surface area contributed by atoms with Crippen LogP contribution in [0.2, 0.25) is 0 Å². The van der Waals surface area contributed by atoms with Crippen molar-refractivity contribution in [2.45, 2.75) is 25.9 Å². The number of nitriles is 1. The molecule has 0 aromatic heterocycles. The predicted molar refractivity (Wildman–Crippen MR) is 73.6 cm³/mol. The number of carbonyl (C=O) groups is 1. The SMILES string of the molecule is COc1cc(C#N)ccc1OC(C)C(=O)N1CCCC1. The molecule has 5 heteroatoms. The maximum atomic E-state index is 12.2. The third-order valence-corrected chi connectivity index (χ3v) is 3.36. The van der Waals surface area contributed by atoms with Crippen LogP contribution in [0.15, 0.2) is 18.2 Å². The van der Waals surface area contributed by atoms with Crippen LogP contribution in [0, 0.1) is 11.3 Å². The molecule has 20 heavy (non-hydrogen) atoms. The van der Waals surface area contributed by atoms with Gasteiger partial charge in [-0.25, -0.2) is 0 Å². The largest absolute Gasteiger partial charge is 0.493 e. The molecule has 1 heterocycles. The van der Waals surface area contributed by atoms with Crippen molar-refractivity contribution in [1.29, 1.82) is 5.26 Å². The number of amides is 1. The molecule has 0 radical (unpaired) electrons. The molecule has 0 aliphatic carbocycles. The maximum Gasteiger partial charge on any atom is 0.263 e. The molecule has 1 atom stereocenters. The minimum absolute atomic E-state index is 0.00564. The molecular formula is C15H18N2O3. The normalized spacial score (nSPS) is 15.6. The van der Waals surface area contributed by atoms with Crippen molar-refractivity contribution in [1.82, 2.24) is 4.90 Å². The minimum Gasteiger partial charge on any atom is -0.493 e. The smallest absolute Gasteiger partial charge is 0.263 e. The van der Waals surface area contributed by atoms with Gasteiger partial charge in [0.25, 0.3) is 5.91 Å². The first kappa shape index (κ1) is 14.2. The molecule has 0 spiro atoms. The van der Waals surface area contributed by atoms with Gasteiger partial charge in [-0.1, -0.05) is 0 Å². The number of hydrogen-bond acceptors (Lipinski definition) is 4. The van der Waals surface area contributed by atoms with Gasteiger partial charge in [0.2, 0.25) is 0 Å². The first-order valence-electron chi connectivity index (χ1n) is 6.69. The zero-order valence-corrected chi connectivity index (χ0v) is 11.8. The second-order valence-electron chi connectivity index (χ2n) is 4.77. The lowest BCUT2D eigenvalue weighted by Gasteiger charge is -2.22. The predicted octanol–water partition coefficient (Wildman–Crippen LogP) is 1.96. The second kappa shape index (κ2) is 6.29. The van der Waals surface area contributed by atoms with Crippen LogP contribution in [0.25, 0.3) is 0 Å². The minimum atomic E-state index is -0.560. The molecule has 1 saturated heterocycles. The van der Waals surface area contributed by atoms with Gasteiger partial charge in [-0.15, -0.1) is 0 Å². The fourth-order valence-corrected chi connectivity index (χ4v) is 2.27. The summed E-state index contributed by atoms with van der Waals surface area (Å²) in [6, 6.07) is 6.94. The number of rotatable bonds is 4. The Morgan fingerprint density at radius 1 is 1.35 bits per heavy atom. The molecule has 0 saturated carbocycles. The molecule has 1 unspecified atom stereocenters. The lowest BCUT2D eigenvalue weighted by Crippen LogP contribution is -2.38. The van der Waals surface area contributed by atoms with Gasteiger partial charge in [-0.05, 0) is 31.9 Å². The van der Waals surface area contributed by atoms with Gasteiger partial charge in [0.15, 0.2) is 17.6 Å². The summed E-state index contributed by atoms with van der Waals surface area (Å²) in [7, 11) is 1.51. The Hall–Kier alpha value is -2.22. The number of methoxy groups -OCH3 is 1. The van der Waals surface area contributed by atoms with Crippen LogP contribution in [-0.2, 0) is 4.79 Å². The molecule has 1 aliphatic rings. The zero-order chi connectivity index (χ0) is 14.5. The van der Waals surface area contributed by atoms with E-state index < -0.39 is 6.10 Å². The third-order valence-electron chi connectivity index (χ3n) is 3.36. The molecule has 1 aromatic rings. The van der Waals surface area contributed by atoms with Gasteiger partial charge in [0.05, 0.1) is 18.7 Å². The summed E-state index contributed by atoms with van der Waals surface area (Å²) < 4.78 is 10.9. The molecular weight excluding hydrogens is 256 g/mol. The molecule has 106 valence electrons. The zero-order valence-electron chi connectivity index (χ0n) is 11.8. The number of likely N-dealkylation sites (tertiary alicyclic amines) is 1. The number of benzene rings is 1. The average molecular weight is 274 g/mol. The van der Waals surface area contributed by atoms with E-state index in [9.17, 15) is 4.79 Å². The molecule has 0 bridgehead atoms. The van der Waals surface area contributed by atoms with E-state index in [-0.39, 0.29) is 5.91 Å². The van der Waals surface area contributed by atoms with E-state index in [4.69, 9.17) is 14.7 Å². The Morgan fingerprint density at radius 3 is 2.65 bits per heavy atom. The summed E-state index contributed by atoms with van der Waals surface area (Å²) in [4.78, 5) is 14.0. The van der Waals surface area contributed by atoms with Crippen molar-refractivity contribution in [2.24, 2.45) is 0 Å². The second-order valence-corrected chi connectivity index (χ2v) is 4.77. The van der Waals surface area contributed by atoms with Crippen LogP contribution < -0.4 is 9.47 Å². The summed E-state index contributed by atoms with van der Waals surface area (Å²) in [6.07, 6.45) is 1.55. The summed E-state index contributed by atoms with van der Waals surface area (Å²) in [5.74, 6) is 0.936. The highest BCUT2D eigenvalue weighted by Crippen LogP contribution is 2.29. The van der Waals surface area contributed by atoms with Crippen molar-refractivity contribution in [3.8, 4) is 17.6 Å². The first-order valence-corrected chi connectivity index (χ1v) is 6.69. The number of carbonyl (C=O) groups excluding carboxylic acids is 1. The van der Waals surface area contributed by atoms with Crippen LogP contribution in [0.1, 0.15) is 25.3 Å². The highest BCUT2D eigenvalue weighted by Gasteiger charge is 2.25. The standard InChI is InChI=1S/C15H18N2O3/c1-11(15(18)17-7-3-4-8-17)20-13-6-5-12(10-16)9-14(13)19-2/h5-6,9,11H,3-4,7-8H2,1-2H3. The Morgan fingerprint density at radius 2 is 2.05 bits per heavy atom.